The van der Waals surface area contributed by atoms with E-state index in [4.69, 9.17) is 4.74 Å². The Hall–Kier alpha value is -3.12. The van der Waals surface area contributed by atoms with Gasteiger partial charge in [-0.15, -0.1) is 12.4 Å². The number of ether oxygens (including phenoxy) is 1. The Labute approximate surface area is 169 Å². The molecule has 0 saturated carbocycles. The Morgan fingerprint density at radius 1 is 1.14 bits per heavy atom. The Kier molecular flexibility index (Phi) is 6.59. The number of carbonyl (C=O) groups is 2. The monoisotopic (exact) mass is 400 g/mol. The van der Waals surface area contributed by atoms with Crippen molar-refractivity contribution in [3.8, 4) is 0 Å². The van der Waals surface area contributed by atoms with E-state index in [9.17, 15) is 14.7 Å². The van der Waals surface area contributed by atoms with Crippen molar-refractivity contribution in [1.29, 1.82) is 0 Å². The van der Waals surface area contributed by atoms with Crippen LogP contribution in [0.2, 0.25) is 0 Å². The maximum Gasteiger partial charge on any atom is 0.341 e. The molecule has 1 aromatic heterocycles. The number of hydrogen-bond acceptors (Lipinski definition) is 5. The summed E-state index contributed by atoms with van der Waals surface area (Å²) in [6, 6.07) is 10.5. The minimum Gasteiger partial charge on any atom is -0.478 e. The smallest absolute Gasteiger partial charge is 0.341 e. The van der Waals surface area contributed by atoms with Gasteiger partial charge in [-0.25, -0.2) is 9.59 Å². The largest absolute Gasteiger partial charge is 0.478 e. The fourth-order valence-corrected chi connectivity index (χ4v) is 2.89. The average Bonchev–Trinajstić information content (AvgIpc) is 2.64. The number of nitrogens with one attached hydrogen (secondary N) is 1. The van der Waals surface area contributed by atoms with Crippen LogP contribution < -0.4 is 5.32 Å². The lowest BCUT2D eigenvalue weighted by Crippen LogP contribution is -2.10. The lowest BCUT2D eigenvalue weighted by Gasteiger charge is -2.16. The zero-order chi connectivity index (χ0) is 19.6. The van der Waals surface area contributed by atoms with Gasteiger partial charge in [0.2, 0.25) is 0 Å². The SMILES string of the molecule is CCOC(=O)c1cnc2c(C)cccc2c1Nc1cc(C(=O)O)ccc1C.Cl. The summed E-state index contributed by atoms with van der Waals surface area (Å²) in [6.45, 7) is 5.80. The summed E-state index contributed by atoms with van der Waals surface area (Å²) in [7, 11) is 0. The first kappa shape index (κ1) is 21.2. The van der Waals surface area contributed by atoms with E-state index in [1.165, 1.54) is 6.20 Å². The number of aryl methyl sites for hydroxylation is 2. The molecule has 146 valence electrons. The van der Waals surface area contributed by atoms with E-state index in [0.717, 1.165) is 22.0 Å². The molecule has 0 aliphatic carbocycles. The molecule has 0 fully saturated rings. The van der Waals surface area contributed by atoms with E-state index in [1.807, 2.05) is 32.0 Å². The van der Waals surface area contributed by atoms with Crippen LogP contribution in [0, 0.1) is 13.8 Å². The molecular formula is C21H21ClN2O4. The molecule has 28 heavy (non-hydrogen) atoms. The number of carbonyl (C=O) groups excluding carboxylic acids is 1. The lowest BCUT2D eigenvalue weighted by molar-refractivity contribution is 0.0526. The van der Waals surface area contributed by atoms with E-state index in [1.54, 1.807) is 25.1 Å². The highest BCUT2D eigenvalue weighted by Gasteiger charge is 2.18. The number of benzene rings is 2. The van der Waals surface area contributed by atoms with Gasteiger partial charge in [-0.2, -0.15) is 0 Å². The third kappa shape index (κ3) is 4.07. The van der Waals surface area contributed by atoms with Gasteiger partial charge in [0, 0.05) is 17.3 Å². The number of aromatic carboxylic acids is 1. The number of halogens is 1. The topological polar surface area (TPSA) is 88.5 Å². The molecule has 6 nitrogen and oxygen atoms in total. The molecule has 0 aliphatic heterocycles. The van der Waals surface area contributed by atoms with Crippen LogP contribution in [0.3, 0.4) is 0 Å². The number of pyridine rings is 1. The van der Waals surface area contributed by atoms with Gasteiger partial charge in [-0.05, 0) is 44.0 Å². The van der Waals surface area contributed by atoms with Crippen LogP contribution in [-0.4, -0.2) is 28.6 Å². The van der Waals surface area contributed by atoms with Crippen molar-refractivity contribution in [2.24, 2.45) is 0 Å². The molecule has 0 unspecified atom stereocenters. The molecule has 3 rings (SSSR count). The van der Waals surface area contributed by atoms with Crippen molar-refractivity contribution in [3.05, 3.63) is 64.8 Å². The van der Waals surface area contributed by atoms with Crippen LogP contribution in [-0.2, 0) is 4.74 Å². The zero-order valence-corrected chi connectivity index (χ0v) is 16.6. The van der Waals surface area contributed by atoms with Crippen LogP contribution in [0.25, 0.3) is 10.9 Å². The number of aromatic nitrogens is 1. The van der Waals surface area contributed by atoms with Crippen molar-refractivity contribution >= 4 is 46.6 Å². The van der Waals surface area contributed by atoms with Crippen molar-refractivity contribution in [3.63, 3.8) is 0 Å². The Bertz CT molecular complexity index is 1050. The van der Waals surface area contributed by atoms with Crippen LogP contribution in [0.15, 0.2) is 42.6 Å². The molecule has 0 spiro atoms. The zero-order valence-electron chi connectivity index (χ0n) is 15.8. The number of hydrogen-bond donors (Lipinski definition) is 2. The maximum absolute atomic E-state index is 12.4. The van der Waals surface area contributed by atoms with Crippen LogP contribution in [0.5, 0.6) is 0 Å². The standard InChI is InChI=1S/C21H20N2O4.ClH/c1-4-27-21(26)16-11-22-18-13(3)6-5-7-15(18)19(16)23-17-10-14(20(24)25)9-8-12(17)2;/h5-11H,4H2,1-3H3,(H,22,23)(H,24,25);1H. The van der Waals surface area contributed by atoms with Crippen molar-refractivity contribution < 1.29 is 19.4 Å². The molecule has 0 aliphatic rings. The Balaban J connectivity index is 0.00000280. The number of nitrogens with zero attached hydrogens (tertiary/aromatic N) is 1. The number of fused-ring (bicyclic) bond motifs is 1. The number of anilines is 2. The first-order valence-electron chi connectivity index (χ1n) is 8.58. The van der Waals surface area contributed by atoms with E-state index in [-0.39, 0.29) is 24.6 Å². The van der Waals surface area contributed by atoms with Crippen molar-refractivity contribution in [1.82, 2.24) is 4.98 Å². The normalized spacial score (nSPS) is 10.2. The third-order valence-corrected chi connectivity index (χ3v) is 4.34. The number of rotatable bonds is 5. The minimum atomic E-state index is -1.01. The molecule has 1 heterocycles. The minimum absolute atomic E-state index is 0. The third-order valence-electron chi connectivity index (χ3n) is 4.34. The summed E-state index contributed by atoms with van der Waals surface area (Å²) >= 11 is 0. The van der Waals surface area contributed by atoms with Gasteiger partial charge in [0.1, 0.15) is 5.56 Å². The van der Waals surface area contributed by atoms with Crippen LogP contribution >= 0.6 is 12.4 Å². The Morgan fingerprint density at radius 2 is 1.89 bits per heavy atom. The fourth-order valence-electron chi connectivity index (χ4n) is 2.89. The van der Waals surface area contributed by atoms with Gasteiger partial charge in [0.25, 0.3) is 0 Å². The second-order valence-electron chi connectivity index (χ2n) is 6.20. The van der Waals surface area contributed by atoms with Crippen molar-refractivity contribution in [2.45, 2.75) is 20.8 Å². The first-order valence-corrected chi connectivity index (χ1v) is 8.58. The molecule has 7 heteroatoms. The van der Waals surface area contributed by atoms with E-state index in [0.29, 0.717) is 16.9 Å². The van der Waals surface area contributed by atoms with Crippen LogP contribution in [0.4, 0.5) is 11.4 Å². The summed E-state index contributed by atoms with van der Waals surface area (Å²) in [5, 5.41) is 13.3. The predicted molar refractivity (Wildman–Crippen MR) is 111 cm³/mol. The molecule has 2 aromatic carbocycles. The summed E-state index contributed by atoms with van der Waals surface area (Å²) in [4.78, 5) is 28.2. The molecule has 0 bridgehead atoms. The summed E-state index contributed by atoms with van der Waals surface area (Å²) in [5.74, 6) is -1.50. The summed E-state index contributed by atoms with van der Waals surface area (Å²) in [5.41, 5.74) is 4.21. The highest BCUT2D eigenvalue weighted by atomic mass is 35.5. The second-order valence-corrected chi connectivity index (χ2v) is 6.20. The second kappa shape index (κ2) is 8.71. The highest BCUT2D eigenvalue weighted by molar-refractivity contribution is 6.07. The molecule has 0 atom stereocenters. The average molecular weight is 401 g/mol. The number of carboxylic acid groups (broad SMARTS) is 1. The van der Waals surface area contributed by atoms with Crippen LogP contribution in [0.1, 0.15) is 38.8 Å². The maximum atomic E-state index is 12.4. The molecule has 3 aromatic rings. The molecule has 2 N–H and O–H groups in total. The number of para-hydroxylation sites is 1. The molecule has 0 saturated heterocycles. The lowest BCUT2D eigenvalue weighted by atomic mass is 10.0. The van der Waals surface area contributed by atoms with Gasteiger partial charge in [-0.1, -0.05) is 24.3 Å². The highest BCUT2D eigenvalue weighted by Crippen LogP contribution is 2.32. The van der Waals surface area contributed by atoms with Gasteiger partial charge >= 0.3 is 11.9 Å². The number of esters is 1. The van der Waals surface area contributed by atoms with Gasteiger partial charge < -0.3 is 15.2 Å². The molecule has 0 radical (unpaired) electrons. The summed E-state index contributed by atoms with van der Waals surface area (Å²) < 4.78 is 5.16. The van der Waals surface area contributed by atoms with E-state index < -0.39 is 11.9 Å². The summed E-state index contributed by atoms with van der Waals surface area (Å²) in [6.07, 6.45) is 1.49. The van der Waals surface area contributed by atoms with E-state index >= 15 is 0 Å². The quantitative estimate of drug-likeness (QED) is 0.592. The Morgan fingerprint density at radius 3 is 2.57 bits per heavy atom. The first-order chi connectivity index (χ1) is 12.9. The van der Waals surface area contributed by atoms with Gasteiger partial charge in [0.05, 0.1) is 23.4 Å². The molecular weight excluding hydrogens is 380 g/mol. The van der Waals surface area contributed by atoms with Gasteiger partial charge in [-0.3, -0.25) is 4.98 Å². The molecule has 0 amide bonds. The fraction of sp³-hybridized carbons (Fsp3) is 0.190. The predicted octanol–water partition coefficient (Wildman–Crippen LogP) is 4.89. The number of carboxylic acids is 1. The van der Waals surface area contributed by atoms with Gasteiger partial charge in [0.15, 0.2) is 0 Å². The van der Waals surface area contributed by atoms with E-state index in [2.05, 4.69) is 10.3 Å². The van der Waals surface area contributed by atoms with Crippen molar-refractivity contribution in [2.75, 3.05) is 11.9 Å².